The van der Waals surface area contributed by atoms with E-state index in [0.29, 0.717) is 19.2 Å². The number of amides is 1. The lowest BCUT2D eigenvalue weighted by Crippen LogP contribution is -2.40. The normalized spacial score (nSPS) is 24.1. The van der Waals surface area contributed by atoms with Gasteiger partial charge in [0.2, 0.25) is 5.91 Å². The summed E-state index contributed by atoms with van der Waals surface area (Å²) in [6.07, 6.45) is 4.91. The van der Waals surface area contributed by atoms with Crippen molar-refractivity contribution >= 4 is 5.91 Å². The molecule has 2 aromatic rings. The number of imidazole rings is 1. The number of methoxy groups -OCH3 is 2. The maximum atomic E-state index is 13.6. The Hall–Kier alpha value is -2.38. The van der Waals surface area contributed by atoms with Gasteiger partial charge in [0.1, 0.15) is 5.75 Å². The summed E-state index contributed by atoms with van der Waals surface area (Å²) >= 11 is 0. The van der Waals surface area contributed by atoms with Gasteiger partial charge in [0, 0.05) is 58.0 Å². The zero-order valence-corrected chi connectivity index (χ0v) is 19.1. The molecule has 0 bridgehead atoms. The Labute approximate surface area is 184 Å². The van der Waals surface area contributed by atoms with Crippen molar-refractivity contribution in [1.29, 1.82) is 0 Å². The summed E-state index contributed by atoms with van der Waals surface area (Å²) in [6, 6.07) is 8.56. The second kappa shape index (κ2) is 9.01. The maximum Gasteiger partial charge on any atom is 0.230 e. The summed E-state index contributed by atoms with van der Waals surface area (Å²) in [5.74, 6) is 1.22. The summed E-state index contributed by atoms with van der Waals surface area (Å²) in [4.78, 5) is 22.8. The van der Waals surface area contributed by atoms with Crippen LogP contribution in [-0.4, -0.2) is 72.3 Å². The average Bonchev–Trinajstić information content (AvgIpc) is 3.47. The van der Waals surface area contributed by atoms with Crippen LogP contribution in [-0.2, 0) is 16.1 Å². The second-order valence-corrected chi connectivity index (χ2v) is 9.10. The van der Waals surface area contributed by atoms with E-state index in [0.717, 1.165) is 44.0 Å². The molecule has 1 aromatic carbocycles. The van der Waals surface area contributed by atoms with Crippen LogP contribution in [0.15, 0.2) is 36.8 Å². The van der Waals surface area contributed by atoms with Gasteiger partial charge >= 0.3 is 0 Å². The number of ether oxygens (including phenoxy) is 2. The van der Waals surface area contributed by atoms with Gasteiger partial charge in [0.25, 0.3) is 0 Å². The summed E-state index contributed by atoms with van der Waals surface area (Å²) in [6.45, 7) is 8.74. The molecule has 0 unspecified atom stereocenters. The number of rotatable bonds is 8. The van der Waals surface area contributed by atoms with Gasteiger partial charge < -0.3 is 18.9 Å². The molecule has 4 rings (SSSR count). The quantitative estimate of drug-likeness (QED) is 0.650. The Morgan fingerprint density at radius 2 is 2.00 bits per heavy atom. The Morgan fingerprint density at radius 1 is 1.23 bits per heavy atom. The van der Waals surface area contributed by atoms with Crippen molar-refractivity contribution in [3.8, 4) is 5.75 Å². The van der Waals surface area contributed by atoms with Crippen LogP contribution >= 0.6 is 0 Å². The second-order valence-electron chi connectivity index (χ2n) is 9.10. The van der Waals surface area contributed by atoms with Gasteiger partial charge in [-0.15, -0.1) is 0 Å². The maximum absolute atomic E-state index is 13.6. The molecule has 1 aromatic heterocycles. The topological polar surface area (TPSA) is 59.8 Å². The van der Waals surface area contributed by atoms with Crippen LogP contribution in [0.5, 0.6) is 5.75 Å². The van der Waals surface area contributed by atoms with Gasteiger partial charge in [-0.05, 0) is 38.0 Å². The van der Waals surface area contributed by atoms with E-state index in [1.54, 1.807) is 14.2 Å². The van der Waals surface area contributed by atoms with Crippen molar-refractivity contribution in [2.24, 2.45) is 5.41 Å². The number of carbonyl (C=O) groups excluding carboxylic acids is 1. The zero-order valence-electron chi connectivity index (χ0n) is 19.1. The SMILES string of the molecule is COCCN1CC[C@]2(CN(Cc3ccc(OC)cc3)C[C@@H]2c2cn(C(C)C)cn2)C1=O. The molecule has 2 saturated heterocycles. The molecule has 3 heterocycles. The van der Waals surface area contributed by atoms with Gasteiger partial charge in [-0.1, -0.05) is 12.1 Å². The van der Waals surface area contributed by atoms with Crippen molar-refractivity contribution in [2.75, 3.05) is 47.0 Å². The monoisotopic (exact) mass is 426 g/mol. The fraction of sp³-hybridized carbons (Fsp3) is 0.583. The minimum absolute atomic E-state index is 0.103. The van der Waals surface area contributed by atoms with Crippen molar-refractivity contribution in [1.82, 2.24) is 19.4 Å². The molecule has 0 saturated carbocycles. The van der Waals surface area contributed by atoms with Gasteiger partial charge in [-0.25, -0.2) is 4.98 Å². The Bertz CT molecular complexity index is 894. The molecule has 0 radical (unpaired) electrons. The first-order chi connectivity index (χ1) is 15.0. The van der Waals surface area contributed by atoms with Gasteiger partial charge in [0.05, 0.1) is 31.2 Å². The third-order valence-corrected chi connectivity index (χ3v) is 6.86. The number of nitrogens with zero attached hydrogens (tertiary/aromatic N) is 4. The van der Waals surface area contributed by atoms with Crippen LogP contribution in [0, 0.1) is 5.41 Å². The van der Waals surface area contributed by atoms with E-state index in [9.17, 15) is 4.79 Å². The van der Waals surface area contributed by atoms with E-state index < -0.39 is 5.41 Å². The summed E-state index contributed by atoms with van der Waals surface area (Å²) in [7, 11) is 3.37. The highest BCUT2D eigenvalue weighted by atomic mass is 16.5. The van der Waals surface area contributed by atoms with Crippen LogP contribution in [0.2, 0.25) is 0 Å². The number of carbonyl (C=O) groups is 1. The summed E-state index contributed by atoms with van der Waals surface area (Å²) < 4.78 is 12.7. The number of hydrogen-bond acceptors (Lipinski definition) is 5. The first kappa shape index (κ1) is 21.8. The average molecular weight is 427 g/mol. The van der Waals surface area contributed by atoms with Crippen molar-refractivity contribution in [3.63, 3.8) is 0 Å². The lowest BCUT2D eigenvalue weighted by atomic mass is 9.75. The molecule has 0 N–H and O–H groups in total. The van der Waals surface area contributed by atoms with Crippen molar-refractivity contribution in [2.45, 2.75) is 38.8 Å². The highest BCUT2D eigenvalue weighted by molar-refractivity contribution is 5.86. The summed E-state index contributed by atoms with van der Waals surface area (Å²) in [5, 5.41) is 0. The van der Waals surface area contributed by atoms with Crippen LogP contribution in [0.3, 0.4) is 0 Å². The van der Waals surface area contributed by atoms with E-state index in [1.165, 1.54) is 5.56 Å². The van der Waals surface area contributed by atoms with E-state index in [2.05, 4.69) is 41.6 Å². The first-order valence-corrected chi connectivity index (χ1v) is 11.1. The third-order valence-electron chi connectivity index (χ3n) is 6.86. The van der Waals surface area contributed by atoms with E-state index in [1.807, 2.05) is 23.4 Å². The summed E-state index contributed by atoms with van der Waals surface area (Å²) in [5.41, 5.74) is 1.86. The Balaban J connectivity index is 1.59. The fourth-order valence-corrected chi connectivity index (χ4v) is 5.05. The molecule has 2 aliphatic heterocycles. The third kappa shape index (κ3) is 4.21. The molecule has 1 spiro atoms. The van der Waals surface area contributed by atoms with E-state index in [4.69, 9.17) is 14.5 Å². The molecule has 7 nitrogen and oxygen atoms in total. The molecule has 2 aliphatic rings. The lowest BCUT2D eigenvalue weighted by molar-refractivity contribution is -0.136. The largest absolute Gasteiger partial charge is 0.497 e. The van der Waals surface area contributed by atoms with Crippen molar-refractivity contribution < 1.29 is 14.3 Å². The molecular weight excluding hydrogens is 392 g/mol. The minimum atomic E-state index is -0.406. The first-order valence-electron chi connectivity index (χ1n) is 11.1. The number of benzene rings is 1. The molecule has 2 fully saturated rings. The number of aromatic nitrogens is 2. The minimum Gasteiger partial charge on any atom is -0.497 e. The smallest absolute Gasteiger partial charge is 0.230 e. The molecule has 2 atom stereocenters. The van der Waals surface area contributed by atoms with Crippen LogP contribution in [0.25, 0.3) is 0 Å². The van der Waals surface area contributed by atoms with E-state index >= 15 is 0 Å². The standard InChI is InChI=1S/C24H34N4O3/c1-18(2)28-15-22(25-17-28)21-14-26(13-19-5-7-20(31-4)8-6-19)16-24(21)9-10-27(23(24)29)11-12-30-3/h5-8,15,17-18,21H,9-14,16H2,1-4H3/t21-,24-/m1/s1. The van der Waals surface area contributed by atoms with Gasteiger partial charge in [-0.3, -0.25) is 9.69 Å². The van der Waals surface area contributed by atoms with E-state index in [-0.39, 0.29) is 11.8 Å². The zero-order chi connectivity index (χ0) is 22.0. The molecular formula is C24H34N4O3. The van der Waals surface area contributed by atoms with Crippen LogP contribution in [0.4, 0.5) is 0 Å². The highest BCUT2D eigenvalue weighted by Crippen LogP contribution is 2.49. The van der Waals surface area contributed by atoms with Gasteiger partial charge in [0.15, 0.2) is 0 Å². The molecule has 31 heavy (non-hydrogen) atoms. The predicted octanol–water partition coefficient (Wildman–Crippen LogP) is 2.94. The number of hydrogen-bond donors (Lipinski definition) is 0. The molecule has 7 heteroatoms. The fourth-order valence-electron chi connectivity index (χ4n) is 5.05. The van der Waals surface area contributed by atoms with Crippen molar-refractivity contribution in [3.05, 3.63) is 48.0 Å². The predicted molar refractivity (Wildman–Crippen MR) is 119 cm³/mol. The van der Waals surface area contributed by atoms with Crippen LogP contribution in [0.1, 0.15) is 43.5 Å². The molecule has 1 amide bonds. The molecule has 0 aliphatic carbocycles. The Kier molecular flexibility index (Phi) is 6.34. The van der Waals surface area contributed by atoms with Gasteiger partial charge in [-0.2, -0.15) is 0 Å². The lowest BCUT2D eigenvalue weighted by Gasteiger charge is -2.28. The molecule has 168 valence electrons. The Morgan fingerprint density at radius 3 is 2.65 bits per heavy atom. The number of likely N-dealkylation sites (tertiary alicyclic amines) is 2. The van der Waals surface area contributed by atoms with Crippen LogP contribution < -0.4 is 4.74 Å². The highest BCUT2D eigenvalue weighted by Gasteiger charge is 2.57.